The summed E-state index contributed by atoms with van der Waals surface area (Å²) in [4.78, 5) is 10.8. The molecule has 0 bridgehead atoms. The lowest BCUT2D eigenvalue weighted by atomic mass is 10.3. The molecule has 0 fully saturated rings. The molecule has 0 atom stereocenters. The summed E-state index contributed by atoms with van der Waals surface area (Å²) in [7, 11) is 1.41. The minimum atomic E-state index is -0.154. The van der Waals surface area contributed by atoms with Crippen LogP contribution in [0.1, 0.15) is 12.8 Å². The Morgan fingerprint density at radius 2 is 2.43 bits per heavy atom. The van der Waals surface area contributed by atoms with E-state index in [0.29, 0.717) is 6.42 Å². The molecule has 1 heterocycles. The van der Waals surface area contributed by atoms with Gasteiger partial charge in [-0.3, -0.25) is 4.79 Å². The highest BCUT2D eigenvalue weighted by Gasteiger charge is 2.00. The first-order chi connectivity index (χ1) is 6.72. The molecule has 0 saturated heterocycles. The van der Waals surface area contributed by atoms with Crippen molar-refractivity contribution < 1.29 is 9.53 Å². The molecule has 0 aliphatic carbocycles. The molecule has 0 radical (unpaired) electrons. The van der Waals surface area contributed by atoms with Crippen LogP contribution in [0.4, 0.5) is 5.00 Å². The van der Waals surface area contributed by atoms with Crippen LogP contribution in [0, 0.1) is 0 Å². The molecule has 0 spiro atoms. The summed E-state index contributed by atoms with van der Waals surface area (Å²) >= 11 is 5.02. The summed E-state index contributed by atoms with van der Waals surface area (Å²) in [6.45, 7) is 0.794. The van der Waals surface area contributed by atoms with Gasteiger partial charge in [-0.2, -0.15) is 0 Å². The third-order valence-electron chi connectivity index (χ3n) is 1.66. The van der Waals surface area contributed by atoms with E-state index in [1.54, 1.807) is 11.3 Å². The Morgan fingerprint density at radius 3 is 3.00 bits per heavy atom. The van der Waals surface area contributed by atoms with Gasteiger partial charge in [-0.25, -0.2) is 0 Å². The zero-order chi connectivity index (χ0) is 10.4. The largest absolute Gasteiger partial charge is 0.469 e. The number of carbonyl (C=O) groups is 1. The van der Waals surface area contributed by atoms with Gasteiger partial charge in [0.2, 0.25) is 0 Å². The maximum absolute atomic E-state index is 10.8. The van der Waals surface area contributed by atoms with Crippen LogP contribution in [0.3, 0.4) is 0 Å². The Morgan fingerprint density at radius 1 is 1.64 bits per heavy atom. The summed E-state index contributed by atoms with van der Waals surface area (Å²) in [6, 6.07) is 4.00. The number of ether oxygens (including phenoxy) is 1. The lowest BCUT2D eigenvalue weighted by Gasteiger charge is -2.01. The number of anilines is 1. The monoisotopic (exact) mass is 277 g/mol. The highest BCUT2D eigenvalue weighted by Crippen LogP contribution is 2.26. The average molecular weight is 278 g/mol. The Hall–Kier alpha value is -0.550. The second-order valence-electron chi connectivity index (χ2n) is 2.71. The van der Waals surface area contributed by atoms with Gasteiger partial charge in [-0.15, -0.1) is 11.3 Å². The van der Waals surface area contributed by atoms with E-state index >= 15 is 0 Å². The van der Waals surface area contributed by atoms with Crippen LogP contribution in [-0.2, 0) is 9.53 Å². The highest BCUT2D eigenvalue weighted by molar-refractivity contribution is 9.11. The summed E-state index contributed by atoms with van der Waals surface area (Å²) < 4.78 is 5.64. The van der Waals surface area contributed by atoms with Gasteiger partial charge in [-0.05, 0) is 34.5 Å². The number of rotatable bonds is 5. The molecule has 1 aromatic heterocycles. The van der Waals surface area contributed by atoms with E-state index in [-0.39, 0.29) is 5.97 Å². The topological polar surface area (TPSA) is 38.3 Å². The molecule has 5 heteroatoms. The van der Waals surface area contributed by atoms with Gasteiger partial charge in [0.05, 0.1) is 15.9 Å². The van der Waals surface area contributed by atoms with Crippen LogP contribution in [0.15, 0.2) is 15.9 Å². The smallest absolute Gasteiger partial charge is 0.305 e. The van der Waals surface area contributed by atoms with Gasteiger partial charge in [0.15, 0.2) is 0 Å². The number of halogens is 1. The highest BCUT2D eigenvalue weighted by atomic mass is 79.9. The van der Waals surface area contributed by atoms with Crippen molar-refractivity contribution in [1.29, 1.82) is 0 Å². The zero-order valence-electron chi connectivity index (χ0n) is 7.88. The third kappa shape index (κ3) is 4.11. The van der Waals surface area contributed by atoms with Crippen molar-refractivity contribution in [2.45, 2.75) is 12.8 Å². The van der Waals surface area contributed by atoms with E-state index in [9.17, 15) is 4.79 Å². The first-order valence-electron chi connectivity index (χ1n) is 4.28. The molecular weight excluding hydrogens is 266 g/mol. The summed E-state index contributed by atoms with van der Waals surface area (Å²) in [5, 5.41) is 4.34. The lowest BCUT2D eigenvalue weighted by molar-refractivity contribution is -0.140. The quantitative estimate of drug-likeness (QED) is 0.665. The minimum absolute atomic E-state index is 0.154. The van der Waals surface area contributed by atoms with Crippen molar-refractivity contribution in [2.24, 2.45) is 0 Å². The molecule has 1 rings (SSSR count). The fourth-order valence-corrected chi connectivity index (χ4v) is 2.27. The Labute approximate surface area is 95.6 Å². The number of nitrogens with one attached hydrogen (secondary N) is 1. The number of esters is 1. The molecule has 0 saturated carbocycles. The molecule has 14 heavy (non-hydrogen) atoms. The van der Waals surface area contributed by atoms with E-state index in [0.717, 1.165) is 21.8 Å². The van der Waals surface area contributed by atoms with Crippen molar-refractivity contribution in [3.8, 4) is 0 Å². The standard InChI is InChI=1S/C9H12BrNO2S/c1-13-9(12)3-2-6-11-8-5-4-7(10)14-8/h4-5,11H,2-3,6H2,1H3. The maximum atomic E-state index is 10.8. The van der Waals surface area contributed by atoms with Crippen LogP contribution in [0.25, 0.3) is 0 Å². The van der Waals surface area contributed by atoms with Gasteiger partial charge in [0.25, 0.3) is 0 Å². The van der Waals surface area contributed by atoms with Crippen LogP contribution in [-0.4, -0.2) is 19.6 Å². The minimum Gasteiger partial charge on any atom is -0.469 e. The molecule has 78 valence electrons. The van der Waals surface area contributed by atoms with Crippen LogP contribution >= 0.6 is 27.3 Å². The van der Waals surface area contributed by atoms with Crippen molar-refractivity contribution in [3.05, 3.63) is 15.9 Å². The first kappa shape index (κ1) is 11.5. The Bertz CT molecular complexity index is 301. The number of thiophene rings is 1. The predicted molar refractivity (Wildman–Crippen MR) is 61.8 cm³/mol. The third-order valence-corrected chi connectivity index (χ3v) is 3.24. The number of hydrogen-bond acceptors (Lipinski definition) is 4. The Kier molecular flexibility index (Phi) is 4.97. The second kappa shape index (κ2) is 6.03. The van der Waals surface area contributed by atoms with Crippen molar-refractivity contribution in [1.82, 2.24) is 0 Å². The molecule has 0 aliphatic rings. The van der Waals surface area contributed by atoms with E-state index in [1.165, 1.54) is 7.11 Å². The lowest BCUT2D eigenvalue weighted by Crippen LogP contribution is -2.05. The normalized spacial score (nSPS) is 9.86. The predicted octanol–water partition coefficient (Wildman–Crippen LogP) is 2.88. The van der Waals surface area contributed by atoms with Gasteiger partial charge in [-0.1, -0.05) is 0 Å². The van der Waals surface area contributed by atoms with Gasteiger partial charge < -0.3 is 10.1 Å². The van der Waals surface area contributed by atoms with Crippen molar-refractivity contribution in [2.75, 3.05) is 19.0 Å². The first-order valence-corrected chi connectivity index (χ1v) is 5.89. The molecule has 3 nitrogen and oxygen atoms in total. The molecule has 0 aromatic carbocycles. The molecule has 0 aliphatic heterocycles. The van der Waals surface area contributed by atoms with E-state index < -0.39 is 0 Å². The van der Waals surface area contributed by atoms with Gasteiger partial charge >= 0.3 is 5.97 Å². The zero-order valence-corrected chi connectivity index (χ0v) is 10.3. The van der Waals surface area contributed by atoms with E-state index in [1.807, 2.05) is 12.1 Å². The Balaban J connectivity index is 2.13. The van der Waals surface area contributed by atoms with Crippen molar-refractivity contribution in [3.63, 3.8) is 0 Å². The second-order valence-corrected chi connectivity index (χ2v) is 5.17. The van der Waals surface area contributed by atoms with Crippen LogP contribution in [0.2, 0.25) is 0 Å². The van der Waals surface area contributed by atoms with Crippen LogP contribution in [0.5, 0.6) is 0 Å². The SMILES string of the molecule is COC(=O)CCCNc1ccc(Br)s1. The fraction of sp³-hybridized carbons (Fsp3) is 0.444. The van der Waals surface area contributed by atoms with Crippen LogP contribution < -0.4 is 5.32 Å². The molecular formula is C9H12BrNO2S. The number of methoxy groups -OCH3 is 1. The van der Waals surface area contributed by atoms with E-state index in [2.05, 4.69) is 26.0 Å². The van der Waals surface area contributed by atoms with Gasteiger partial charge in [0.1, 0.15) is 0 Å². The van der Waals surface area contributed by atoms with Crippen molar-refractivity contribution >= 4 is 38.2 Å². The fourth-order valence-electron chi connectivity index (χ4n) is 0.956. The maximum Gasteiger partial charge on any atom is 0.305 e. The summed E-state index contributed by atoms with van der Waals surface area (Å²) in [5.74, 6) is -0.154. The summed E-state index contributed by atoms with van der Waals surface area (Å²) in [5.41, 5.74) is 0. The molecule has 1 N–H and O–H groups in total. The average Bonchev–Trinajstić information content (AvgIpc) is 2.58. The number of hydrogen-bond donors (Lipinski definition) is 1. The van der Waals surface area contributed by atoms with E-state index in [4.69, 9.17) is 0 Å². The summed E-state index contributed by atoms with van der Waals surface area (Å²) in [6.07, 6.45) is 1.26. The molecule has 0 unspecified atom stereocenters. The molecule has 0 amide bonds. The number of carbonyl (C=O) groups excluding carboxylic acids is 1. The molecule has 1 aromatic rings. The van der Waals surface area contributed by atoms with Gasteiger partial charge in [0, 0.05) is 13.0 Å².